The Morgan fingerprint density at radius 3 is 3.15 bits per heavy atom. The summed E-state index contributed by atoms with van der Waals surface area (Å²) >= 11 is 0. The van der Waals surface area contributed by atoms with Gasteiger partial charge in [0.1, 0.15) is 11.5 Å². The number of aromatic nitrogens is 2. The molecule has 0 aliphatic carbocycles. The zero-order chi connectivity index (χ0) is 13.9. The molecule has 5 nitrogen and oxygen atoms in total. The van der Waals surface area contributed by atoms with E-state index in [1.165, 1.54) is 6.20 Å². The van der Waals surface area contributed by atoms with Crippen molar-refractivity contribution in [2.45, 2.75) is 32.7 Å². The minimum atomic E-state index is -2.52. The second-order valence-electron chi connectivity index (χ2n) is 4.62. The molecule has 3 heterocycles. The molecule has 1 aliphatic heterocycles. The number of nitrogens with one attached hydrogen (secondary N) is 1. The molecule has 0 atom stereocenters. The third-order valence-electron chi connectivity index (χ3n) is 3.35. The number of halogens is 2. The Kier molecular flexibility index (Phi) is 3.79. The van der Waals surface area contributed by atoms with Gasteiger partial charge in [0.15, 0.2) is 0 Å². The van der Waals surface area contributed by atoms with Gasteiger partial charge in [-0.2, -0.15) is 8.78 Å². The summed E-state index contributed by atoms with van der Waals surface area (Å²) in [5.41, 5.74) is 2.30. The molecule has 7 heteroatoms. The summed E-state index contributed by atoms with van der Waals surface area (Å²) in [7, 11) is 0. The Morgan fingerprint density at radius 2 is 2.30 bits per heavy atom. The maximum Gasteiger partial charge on any atom is 0.318 e. The van der Waals surface area contributed by atoms with E-state index in [4.69, 9.17) is 9.26 Å². The van der Waals surface area contributed by atoms with Crippen molar-refractivity contribution >= 4 is 0 Å². The molecule has 0 unspecified atom stereocenters. The molecule has 0 bridgehead atoms. The summed E-state index contributed by atoms with van der Waals surface area (Å²) in [6.07, 6.45) is 2.10. The summed E-state index contributed by atoms with van der Waals surface area (Å²) in [5.74, 6) is 0.865. The number of hydrogen-bond donors (Lipinski definition) is 1. The molecule has 0 spiro atoms. The molecule has 0 amide bonds. The van der Waals surface area contributed by atoms with Crippen molar-refractivity contribution in [3.05, 3.63) is 41.0 Å². The van der Waals surface area contributed by atoms with Crippen LogP contribution in [0.1, 0.15) is 29.3 Å². The van der Waals surface area contributed by atoms with Crippen LogP contribution in [0.4, 0.5) is 8.78 Å². The number of nitrogens with zero attached hydrogens (tertiary/aromatic N) is 2. The predicted octanol–water partition coefficient (Wildman–Crippen LogP) is 2.23. The minimum Gasteiger partial charge on any atom is -0.376 e. The van der Waals surface area contributed by atoms with E-state index in [1.54, 1.807) is 12.1 Å². The fourth-order valence-corrected chi connectivity index (χ4v) is 2.30. The molecular formula is C13H15F2N3O2. The Morgan fingerprint density at radius 1 is 1.40 bits per heavy atom. The average Bonchev–Trinajstić information content (AvgIpc) is 3.06. The lowest BCUT2D eigenvalue weighted by molar-refractivity contribution is 0.0674. The van der Waals surface area contributed by atoms with Crippen molar-refractivity contribution in [3.63, 3.8) is 0 Å². The maximum absolute atomic E-state index is 12.7. The van der Waals surface area contributed by atoms with Gasteiger partial charge in [-0.1, -0.05) is 5.16 Å². The standard InChI is InChI=1S/C13H15F2N3O2/c14-13(15)18-4-1-2-9(18)6-16-7-11-10-8-19-5-3-12(10)20-17-11/h1-2,4,13,16H,3,5-8H2. The fraction of sp³-hybridized carbons (Fsp3) is 0.462. The number of rotatable bonds is 5. The molecule has 1 N–H and O–H groups in total. The van der Waals surface area contributed by atoms with E-state index >= 15 is 0 Å². The van der Waals surface area contributed by atoms with Crippen LogP contribution in [-0.2, 0) is 30.9 Å². The number of alkyl halides is 2. The van der Waals surface area contributed by atoms with Crippen LogP contribution in [0.5, 0.6) is 0 Å². The van der Waals surface area contributed by atoms with Crippen LogP contribution in [0, 0.1) is 0 Å². The highest BCUT2D eigenvalue weighted by Crippen LogP contribution is 2.20. The quantitative estimate of drug-likeness (QED) is 0.914. The lowest BCUT2D eigenvalue weighted by Crippen LogP contribution is -2.18. The third-order valence-corrected chi connectivity index (χ3v) is 3.35. The van der Waals surface area contributed by atoms with Crippen LogP contribution in [0.25, 0.3) is 0 Å². The van der Waals surface area contributed by atoms with E-state index in [1.807, 2.05) is 0 Å². The van der Waals surface area contributed by atoms with Gasteiger partial charge in [0, 0.05) is 37.0 Å². The van der Waals surface area contributed by atoms with Gasteiger partial charge < -0.3 is 14.6 Å². The highest BCUT2D eigenvalue weighted by molar-refractivity contribution is 5.23. The van der Waals surface area contributed by atoms with Crippen LogP contribution < -0.4 is 5.32 Å². The average molecular weight is 283 g/mol. The van der Waals surface area contributed by atoms with Gasteiger partial charge in [-0.05, 0) is 12.1 Å². The van der Waals surface area contributed by atoms with E-state index in [2.05, 4.69) is 10.5 Å². The molecular weight excluding hydrogens is 268 g/mol. The Balaban J connectivity index is 1.60. The zero-order valence-corrected chi connectivity index (χ0v) is 10.8. The molecule has 0 saturated carbocycles. The summed E-state index contributed by atoms with van der Waals surface area (Å²) in [4.78, 5) is 0. The predicted molar refractivity (Wildman–Crippen MR) is 66.1 cm³/mol. The molecule has 108 valence electrons. The van der Waals surface area contributed by atoms with E-state index in [0.717, 1.165) is 28.0 Å². The topological polar surface area (TPSA) is 52.2 Å². The van der Waals surface area contributed by atoms with E-state index in [0.29, 0.717) is 32.0 Å². The Hall–Kier alpha value is -1.73. The SMILES string of the molecule is FC(F)n1cccc1CNCc1noc2c1COCC2. The molecule has 20 heavy (non-hydrogen) atoms. The minimum absolute atomic E-state index is 0.347. The summed E-state index contributed by atoms with van der Waals surface area (Å²) in [6, 6.07) is 3.27. The van der Waals surface area contributed by atoms with Crippen molar-refractivity contribution in [2.75, 3.05) is 6.61 Å². The first-order chi connectivity index (χ1) is 9.75. The normalized spacial score (nSPS) is 14.8. The van der Waals surface area contributed by atoms with Gasteiger partial charge >= 0.3 is 6.55 Å². The first kappa shape index (κ1) is 13.3. The van der Waals surface area contributed by atoms with Crippen molar-refractivity contribution in [1.82, 2.24) is 15.0 Å². The highest BCUT2D eigenvalue weighted by Gasteiger charge is 2.19. The van der Waals surface area contributed by atoms with Crippen LogP contribution in [0.2, 0.25) is 0 Å². The molecule has 0 fully saturated rings. The second-order valence-corrected chi connectivity index (χ2v) is 4.62. The number of fused-ring (bicyclic) bond motifs is 1. The van der Waals surface area contributed by atoms with Gasteiger partial charge in [-0.25, -0.2) is 0 Å². The lowest BCUT2D eigenvalue weighted by Gasteiger charge is -2.11. The van der Waals surface area contributed by atoms with Crippen molar-refractivity contribution < 1.29 is 18.0 Å². The van der Waals surface area contributed by atoms with Gasteiger partial charge in [0.25, 0.3) is 0 Å². The van der Waals surface area contributed by atoms with Gasteiger partial charge in [0.05, 0.1) is 13.2 Å². The van der Waals surface area contributed by atoms with Gasteiger partial charge in [-0.3, -0.25) is 4.57 Å². The van der Waals surface area contributed by atoms with Crippen molar-refractivity contribution in [1.29, 1.82) is 0 Å². The second kappa shape index (κ2) is 5.72. The summed E-state index contributed by atoms with van der Waals surface area (Å²) in [5, 5.41) is 7.11. The molecule has 1 aliphatic rings. The van der Waals surface area contributed by atoms with Gasteiger partial charge in [-0.15, -0.1) is 0 Å². The van der Waals surface area contributed by atoms with Crippen LogP contribution in [0.3, 0.4) is 0 Å². The Labute approximate surface area is 114 Å². The van der Waals surface area contributed by atoms with Crippen LogP contribution >= 0.6 is 0 Å². The largest absolute Gasteiger partial charge is 0.376 e. The van der Waals surface area contributed by atoms with E-state index in [-0.39, 0.29) is 0 Å². The monoisotopic (exact) mass is 283 g/mol. The van der Waals surface area contributed by atoms with Crippen LogP contribution in [-0.4, -0.2) is 16.3 Å². The molecule has 0 aromatic carbocycles. The molecule has 3 rings (SSSR count). The molecule has 2 aromatic rings. The Bertz CT molecular complexity index is 580. The first-order valence-electron chi connectivity index (χ1n) is 6.44. The van der Waals surface area contributed by atoms with Gasteiger partial charge in [0.2, 0.25) is 0 Å². The zero-order valence-electron chi connectivity index (χ0n) is 10.8. The molecule has 0 saturated heterocycles. The summed E-state index contributed by atoms with van der Waals surface area (Å²) in [6.45, 7) is -0.550. The number of ether oxygens (including phenoxy) is 1. The molecule has 0 radical (unpaired) electrons. The fourth-order valence-electron chi connectivity index (χ4n) is 2.30. The highest BCUT2D eigenvalue weighted by atomic mass is 19.3. The van der Waals surface area contributed by atoms with E-state index in [9.17, 15) is 8.78 Å². The first-order valence-corrected chi connectivity index (χ1v) is 6.44. The smallest absolute Gasteiger partial charge is 0.318 e. The molecule has 2 aromatic heterocycles. The maximum atomic E-state index is 12.7. The van der Waals surface area contributed by atoms with Crippen molar-refractivity contribution in [2.24, 2.45) is 0 Å². The van der Waals surface area contributed by atoms with Crippen LogP contribution in [0.15, 0.2) is 22.9 Å². The van der Waals surface area contributed by atoms with E-state index < -0.39 is 6.55 Å². The van der Waals surface area contributed by atoms with Crippen molar-refractivity contribution in [3.8, 4) is 0 Å². The third kappa shape index (κ3) is 2.59. The summed E-state index contributed by atoms with van der Waals surface area (Å²) < 4.78 is 36.9. The number of hydrogen-bond acceptors (Lipinski definition) is 4. The lowest BCUT2D eigenvalue weighted by atomic mass is 10.1.